The fourth-order valence-corrected chi connectivity index (χ4v) is 4.01. The van der Waals surface area contributed by atoms with E-state index in [4.69, 9.17) is 4.74 Å². The monoisotopic (exact) mass is 399 g/mol. The van der Waals surface area contributed by atoms with Gasteiger partial charge in [0.25, 0.3) is 5.91 Å². The van der Waals surface area contributed by atoms with Crippen LogP contribution in [-0.2, 0) is 19.5 Å². The Balaban J connectivity index is 1.46. The minimum absolute atomic E-state index is 0.0454. The smallest absolute Gasteiger partial charge is 0.258 e. The topological polar surface area (TPSA) is 78.5 Å². The molecular weight excluding hydrogens is 378 g/mol. The summed E-state index contributed by atoms with van der Waals surface area (Å²) in [5, 5.41) is 18.7. The summed E-state index contributed by atoms with van der Waals surface area (Å²) in [6.45, 7) is 1.00. The third-order valence-corrected chi connectivity index (χ3v) is 5.63. The molecule has 4 aromatic rings. The summed E-state index contributed by atoms with van der Waals surface area (Å²) in [5.74, 6) is 0.531. The number of nitrogens with one attached hydrogen (secondary N) is 1. The Morgan fingerprint density at radius 1 is 1.10 bits per heavy atom. The van der Waals surface area contributed by atoms with Gasteiger partial charge in [0, 0.05) is 31.0 Å². The number of nitrogens with zero attached hydrogens (tertiary/aromatic N) is 2. The number of carbonyl (C=O) groups excluding carboxylic acids is 1. The fraction of sp³-hybridized carbons (Fsp3) is 0.167. The highest BCUT2D eigenvalue weighted by molar-refractivity contribution is 6.01. The Kier molecular flexibility index (Phi) is 4.39. The Morgan fingerprint density at radius 2 is 1.90 bits per heavy atom. The maximum Gasteiger partial charge on any atom is 0.258 e. The van der Waals surface area contributed by atoms with Crippen LogP contribution in [0.15, 0.2) is 60.7 Å². The number of methoxy groups -OCH3 is 1. The molecule has 1 aliphatic heterocycles. The van der Waals surface area contributed by atoms with E-state index in [0.29, 0.717) is 25.0 Å². The highest BCUT2D eigenvalue weighted by Gasteiger charge is 2.27. The number of rotatable bonds is 4. The second kappa shape index (κ2) is 7.22. The first-order chi connectivity index (χ1) is 14.6. The van der Waals surface area contributed by atoms with E-state index in [0.717, 1.165) is 33.5 Å². The highest BCUT2D eigenvalue weighted by Crippen LogP contribution is 2.32. The molecule has 2 N–H and O–H groups in total. The van der Waals surface area contributed by atoms with Crippen LogP contribution in [0, 0.1) is 0 Å². The van der Waals surface area contributed by atoms with Crippen molar-refractivity contribution in [2.75, 3.05) is 7.11 Å². The van der Waals surface area contributed by atoms with Crippen LogP contribution in [0.25, 0.3) is 10.9 Å². The van der Waals surface area contributed by atoms with E-state index in [1.807, 2.05) is 48.5 Å². The number of hydrogen-bond donors (Lipinski definition) is 2. The summed E-state index contributed by atoms with van der Waals surface area (Å²) in [5.41, 5.74) is 5.15. The van der Waals surface area contributed by atoms with Crippen LogP contribution < -0.4 is 4.74 Å². The third-order valence-electron chi connectivity index (χ3n) is 5.63. The van der Waals surface area contributed by atoms with Gasteiger partial charge >= 0.3 is 0 Å². The number of carbonyl (C=O) groups is 1. The summed E-state index contributed by atoms with van der Waals surface area (Å²) in [4.78, 5) is 15.0. The van der Waals surface area contributed by atoms with Crippen molar-refractivity contribution in [3.8, 4) is 11.5 Å². The van der Waals surface area contributed by atoms with E-state index in [1.54, 1.807) is 24.1 Å². The average molecular weight is 399 g/mol. The van der Waals surface area contributed by atoms with Gasteiger partial charge in [0.05, 0.1) is 23.9 Å². The van der Waals surface area contributed by atoms with Crippen LogP contribution in [0.2, 0.25) is 0 Å². The number of fused-ring (bicyclic) bond motifs is 2. The van der Waals surface area contributed by atoms with E-state index in [9.17, 15) is 9.90 Å². The summed E-state index contributed by atoms with van der Waals surface area (Å²) in [6.07, 6.45) is 0.647. The molecule has 6 nitrogen and oxygen atoms in total. The Bertz CT molecular complexity index is 1250. The molecule has 1 amide bonds. The number of phenolic OH excluding ortho intramolecular Hbond substituents is 1. The van der Waals surface area contributed by atoms with E-state index >= 15 is 0 Å². The largest absolute Gasteiger partial charge is 0.507 e. The molecule has 0 aliphatic carbocycles. The molecule has 0 radical (unpaired) electrons. The number of aromatic nitrogens is 2. The number of aromatic amines is 1. The molecule has 150 valence electrons. The summed E-state index contributed by atoms with van der Waals surface area (Å²) in [6, 6.07) is 19.2. The number of aromatic hydroxyl groups is 1. The molecule has 1 aliphatic rings. The van der Waals surface area contributed by atoms with Crippen molar-refractivity contribution in [1.82, 2.24) is 15.1 Å². The van der Waals surface area contributed by atoms with Gasteiger partial charge in [-0.1, -0.05) is 36.4 Å². The highest BCUT2D eigenvalue weighted by atomic mass is 16.5. The summed E-state index contributed by atoms with van der Waals surface area (Å²) in [7, 11) is 1.63. The van der Waals surface area contributed by atoms with E-state index in [2.05, 4.69) is 10.2 Å². The number of amides is 1. The van der Waals surface area contributed by atoms with Gasteiger partial charge in [0.1, 0.15) is 11.5 Å². The summed E-state index contributed by atoms with van der Waals surface area (Å²) < 4.78 is 5.29. The van der Waals surface area contributed by atoms with Crippen LogP contribution in [-0.4, -0.2) is 33.2 Å². The van der Waals surface area contributed by atoms with Gasteiger partial charge in [-0.05, 0) is 34.9 Å². The maximum absolute atomic E-state index is 13.2. The maximum atomic E-state index is 13.2. The number of phenols is 1. The molecule has 0 unspecified atom stereocenters. The first-order valence-electron chi connectivity index (χ1n) is 9.81. The van der Waals surface area contributed by atoms with Crippen molar-refractivity contribution in [3.63, 3.8) is 0 Å². The lowest BCUT2D eigenvalue weighted by Crippen LogP contribution is -2.25. The first kappa shape index (κ1) is 18.2. The van der Waals surface area contributed by atoms with Crippen molar-refractivity contribution in [3.05, 3.63) is 88.6 Å². The standard InChI is InChI=1S/C24H21N3O3/c1-30-18-8-7-16-13-27(14-17(16)10-18)24(29)20-11-19-21(9-15-5-3-2-4-6-15)25-26-22(19)12-23(20)28/h2-8,10-12,28H,9,13-14H2,1H3,(H,25,26). The second-order valence-corrected chi connectivity index (χ2v) is 7.54. The molecule has 0 saturated carbocycles. The zero-order chi connectivity index (χ0) is 20.7. The minimum Gasteiger partial charge on any atom is -0.507 e. The number of benzene rings is 3. The van der Waals surface area contributed by atoms with Crippen LogP contribution >= 0.6 is 0 Å². The number of ether oxygens (including phenoxy) is 1. The predicted molar refractivity (Wildman–Crippen MR) is 114 cm³/mol. The average Bonchev–Trinajstić information content (AvgIpc) is 3.36. The lowest BCUT2D eigenvalue weighted by molar-refractivity contribution is 0.0748. The lowest BCUT2D eigenvalue weighted by atomic mass is 10.0. The SMILES string of the molecule is COc1ccc2c(c1)CN(C(=O)c1cc3c(Cc4ccccc4)n[nH]c3cc1O)C2. The molecule has 2 heterocycles. The minimum atomic E-state index is -0.198. The molecule has 5 rings (SSSR count). The van der Waals surface area contributed by atoms with Gasteiger partial charge in [-0.15, -0.1) is 0 Å². The lowest BCUT2D eigenvalue weighted by Gasteiger charge is -2.16. The van der Waals surface area contributed by atoms with E-state index < -0.39 is 0 Å². The van der Waals surface area contributed by atoms with Gasteiger partial charge in [0.15, 0.2) is 0 Å². The van der Waals surface area contributed by atoms with Crippen LogP contribution in [0.3, 0.4) is 0 Å². The molecular formula is C24H21N3O3. The number of hydrogen-bond acceptors (Lipinski definition) is 4. The summed E-state index contributed by atoms with van der Waals surface area (Å²) >= 11 is 0. The molecule has 30 heavy (non-hydrogen) atoms. The third kappa shape index (κ3) is 3.16. The van der Waals surface area contributed by atoms with E-state index in [-0.39, 0.29) is 17.2 Å². The first-order valence-corrected chi connectivity index (χ1v) is 9.81. The Labute approximate surface area is 173 Å². The molecule has 3 aromatic carbocycles. The molecule has 1 aromatic heterocycles. The Hall–Kier alpha value is -3.80. The molecule has 0 bridgehead atoms. The van der Waals surface area contributed by atoms with Crippen molar-refractivity contribution in [2.24, 2.45) is 0 Å². The van der Waals surface area contributed by atoms with Gasteiger partial charge in [-0.2, -0.15) is 5.10 Å². The van der Waals surface area contributed by atoms with E-state index in [1.165, 1.54) is 0 Å². The van der Waals surface area contributed by atoms with Crippen molar-refractivity contribution in [2.45, 2.75) is 19.5 Å². The van der Waals surface area contributed by atoms with Crippen molar-refractivity contribution in [1.29, 1.82) is 0 Å². The molecule has 0 saturated heterocycles. The van der Waals surface area contributed by atoms with Crippen LogP contribution in [0.1, 0.15) is 32.7 Å². The second-order valence-electron chi connectivity index (χ2n) is 7.54. The molecule has 0 spiro atoms. The quantitative estimate of drug-likeness (QED) is 0.543. The Morgan fingerprint density at radius 3 is 2.70 bits per heavy atom. The molecule has 6 heteroatoms. The van der Waals surface area contributed by atoms with Gasteiger partial charge in [-0.3, -0.25) is 9.89 Å². The van der Waals surface area contributed by atoms with Crippen molar-refractivity contribution < 1.29 is 14.6 Å². The number of H-pyrrole nitrogens is 1. The predicted octanol–water partition coefficient (Wildman–Crippen LogP) is 4.02. The molecule has 0 atom stereocenters. The zero-order valence-corrected chi connectivity index (χ0v) is 16.6. The van der Waals surface area contributed by atoms with Crippen molar-refractivity contribution >= 4 is 16.8 Å². The molecule has 0 fully saturated rings. The van der Waals surface area contributed by atoms with Gasteiger partial charge in [0.2, 0.25) is 0 Å². The fourth-order valence-electron chi connectivity index (χ4n) is 4.01. The zero-order valence-electron chi connectivity index (χ0n) is 16.6. The van der Waals surface area contributed by atoms with Gasteiger partial charge < -0.3 is 14.7 Å². The van der Waals surface area contributed by atoms with Crippen LogP contribution in [0.4, 0.5) is 0 Å². The van der Waals surface area contributed by atoms with Gasteiger partial charge in [-0.25, -0.2) is 0 Å². The van der Waals surface area contributed by atoms with Crippen LogP contribution in [0.5, 0.6) is 11.5 Å². The normalized spacial score (nSPS) is 12.9.